The number of ether oxygens (including phenoxy) is 1. The van der Waals surface area contributed by atoms with Crippen LogP contribution in [-0.4, -0.2) is 24.4 Å². The minimum atomic E-state index is -1.00. The highest BCUT2D eigenvalue weighted by molar-refractivity contribution is 5.67. The number of fused-ring (bicyclic) bond motifs is 1. The number of rotatable bonds is 2. The van der Waals surface area contributed by atoms with Gasteiger partial charge in [0.05, 0.1) is 13.2 Å². The standard InChI is InChI=1S/C13H18N2O3/c1-7-8(2)14-11-5-4-9(18-3)6-10(11)12(7)15-13(16)17/h4-8,12,14-15H,1-3H3,(H,16,17)/t7-,8+,12-/m1/s1. The molecule has 0 aliphatic carbocycles. The van der Waals surface area contributed by atoms with Gasteiger partial charge in [-0.1, -0.05) is 6.92 Å². The Hall–Kier alpha value is -1.91. The van der Waals surface area contributed by atoms with Crippen LogP contribution in [0.15, 0.2) is 18.2 Å². The second kappa shape index (κ2) is 4.76. The summed E-state index contributed by atoms with van der Waals surface area (Å²) in [6.45, 7) is 4.08. The topological polar surface area (TPSA) is 70.6 Å². The van der Waals surface area contributed by atoms with Crippen molar-refractivity contribution >= 4 is 11.8 Å². The number of nitrogens with one attached hydrogen (secondary N) is 2. The van der Waals surface area contributed by atoms with Crippen LogP contribution in [0.2, 0.25) is 0 Å². The largest absolute Gasteiger partial charge is 0.497 e. The van der Waals surface area contributed by atoms with Crippen molar-refractivity contribution in [1.29, 1.82) is 0 Å². The van der Waals surface area contributed by atoms with Gasteiger partial charge in [-0.3, -0.25) is 0 Å². The van der Waals surface area contributed by atoms with Crippen molar-refractivity contribution in [3.05, 3.63) is 23.8 Å². The molecule has 0 saturated carbocycles. The molecular formula is C13H18N2O3. The van der Waals surface area contributed by atoms with E-state index in [0.717, 1.165) is 17.0 Å². The highest BCUT2D eigenvalue weighted by atomic mass is 16.5. The molecule has 0 aromatic heterocycles. The van der Waals surface area contributed by atoms with E-state index in [2.05, 4.69) is 10.6 Å². The summed E-state index contributed by atoms with van der Waals surface area (Å²) < 4.78 is 5.19. The average molecular weight is 250 g/mol. The minimum Gasteiger partial charge on any atom is -0.497 e. The zero-order chi connectivity index (χ0) is 13.3. The lowest BCUT2D eigenvalue weighted by Gasteiger charge is -2.37. The van der Waals surface area contributed by atoms with E-state index >= 15 is 0 Å². The maximum absolute atomic E-state index is 10.9. The van der Waals surface area contributed by atoms with Crippen molar-refractivity contribution in [2.75, 3.05) is 12.4 Å². The van der Waals surface area contributed by atoms with Crippen molar-refractivity contribution in [3.8, 4) is 5.75 Å². The summed E-state index contributed by atoms with van der Waals surface area (Å²) in [5.74, 6) is 0.898. The molecule has 18 heavy (non-hydrogen) atoms. The third-order valence-electron chi connectivity index (χ3n) is 3.57. The van der Waals surface area contributed by atoms with E-state index in [-0.39, 0.29) is 18.0 Å². The molecule has 0 saturated heterocycles. The van der Waals surface area contributed by atoms with Gasteiger partial charge in [0.1, 0.15) is 5.75 Å². The van der Waals surface area contributed by atoms with Crippen LogP contribution in [0.1, 0.15) is 25.5 Å². The molecule has 0 unspecified atom stereocenters. The molecule has 98 valence electrons. The van der Waals surface area contributed by atoms with Crippen LogP contribution in [0.3, 0.4) is 0 Å². The molecule has 1 aliphatic heterocycles. The summed E-state index contributed by atoms with van der Waals surface area (Å²) in [4.78, 5) is 10.9. The Kier molecular flexibility index (Phi) is 3.32. The Morgan fingerprint density at radius 1 is 1.44 bits per heavy atom. The fourth-order valence-corrected chi connectivity index (χ4v) is 2.35. The quantitative estimate of drug-likeness (QED) is 0.754. The van der Waals surface area contributed by atoms with Gasteiger partial charge in [0.15, 0.2) is 0 Å². The maximum Gasteiger partial charge on any atom is 0.405 e. The van der Waals surface area contributed by atoms with Gasteiger partial charge in [0.25, 0.3) is 0 Å². The number of carboxylic acid groups (broad SMARTS) is 1. The van der Waals surface area contributed by atoms with Crippen molar-refractivity contribution < 1.29 is 14.6 Å². The molecule has 0 spiro atoms. The van der Waals surface area contributed by atoms with Crippen molar-refractivity contribution in [1.82, 2.24) is 5.32 Å². The van der Waals surface area contributed by atoms with Crippen LogP contribution in [0.5, 0.6) is 5.75 Å². The van der Waals surface area contributed by atoms with E-state index in [9.17, 15) is 4.79 Å². The van der Waals surface area contributed by atoms with Crippen molar-refractivity contribution in [3.63, 3.8) is 0 Å². The highest BCUT2D eigenvalue weighted by Crippen LogP contribution is 2.38. The van der Waals surface area contributed by atoms with E-state index in [1.165, 1.54) is 0 Å². The number of anilines is 1. The maximum atomic E-state index is 10.9. The Bertz CT molecular complexity index is 462. The highest BCUT2D eigenvalue weighted by Gasteiger charge is 2.32. The molecule has 3 N–H and O–H groups in total. The number of carbonyl (C=O) groups is 1. The van der Waals surface area contributed by atoms with Crippen molar-refractivity contribution in [2.24, 2.45) is 5.92 Å². The van der Waals surface area contributed by atoms with Crippen LogP contribution < -0.4 is 15.4 Å². The number of methoxy groups -OCH3 is 1. The molecule has 1 aromatic carbocycles. The summed E-state index contributed by atoms with van der Waals surface area (Å²) in [5.41, 5.74) is 1.89. The Balaban J connectivity index is 2.42. The first kappa shape index (κ1) is 12.5. The van der Waals surface area contributed by atoms with Crippen LogP contribution in [0.4, 0.5) is 10.5 Å². The predicted molar refractivity (Wildman–Crippen MR) is 69.1 cm³/mol. The third-order valence-corrected chi connectivity index (χ3v) is 3.57. The van der Waals surface area contributed by atoms with Gasteiger partial charge in [0.2, 0.25) is 0 Å². The predicted octanol–water partition coefficient (Wildman–Crippen LogP) is 2.45. The summed E-state index contributed by atoms with van der Waals surface area (Å²) >= 11 is 0. The first-order valence-electron chi connectivity index (χ1n) is 5.97. The Morgan fingerprint density at radius 3 is 2.78 bits per heavy atom. The first-order valence-corrected chi connectivity index (χ1v) is 5.97. The number of hydrogen-bond acceptors (Lipinski definition) is 3. The monoisotopic (exact) mass is 250 g/mol. The summed E-state index contributed by atoms with van der Waals surface area (Å²) in [7, 11) is 1.60. The molecule has 0 fully saturated rings. The van der Waals surface area contributed by atoms with Crippen LogP contribution in [0.25, 0.3) is 0 Å². The lowest BCUT2D eigenvalue weighted by atomic mass is 9.84. The third kappa shape index (κ3) is 2.20. The van der Waals surface area contributed by atoms with Crippen molar-refractivity contribution in [2.45, 2.75) is 25.9 Å². The molecule has 1 aliphatic rings. The van der Waals surface area contributed by atoms with E-state index in [4.69, 9.17) is 9.84 Å². The first-order chi connectivity index (χ1) is 8.52. The SMILES string of the molecule is COc1ccc2c(c1)[C@H](NC(=O)O)[C@H](C)[C@H](C)N2. The van der Waals surface area contributed by atoms with Crippen LogP contribution in [0, 0.1) is 5.92 Å². The van der Waals surface area contributed by atoms with Gasteiger partial charge in [-0.2, -0.15) is 0 Å². The zero-order valence-corrected chi connectivity index (χ0v) is 10.7. The van der Waals surface area contributed by atoms with Gasteiger partial charge < -0.3 is 20.5 Å². The number of amides is 1. The number of hydrogen-bond donors (Lipinski definition) is 3. The smallest absolute Gasteiger partial charge is 0.405 e. The summed E-state index contributed by atoms with van der Waals surface area (Å²) in [6, 6.07) is 5.66. The lowest BCUT2D eigenvalue weighted by molar-refractivity contribution is 0.183. The summed E-state index contributed by atoms with van der Waals surface area (Å²) in [6.07, 6.45) is -1.00. The van der Waals surface area contributed by atoms with Crippen LogP contribution >= 0.6 is 0 Å². The van der Waals surface area contributed by atoms with Gasteiger partial charge in [-0.15, -0.1) is 0 Å². The van der Waals surface area contributed by atoms with Gasteiger partial charge >= 0.3 is 6.09 Å². The molecule has 0 radical (unpaired) electrons. The molecule has 5 heteroatoms. The van der Waals surface area contributed by atoms with E-state index < -0.39 is 6.09 Å². The van der Waals surface area contributed by atoms with Crippen LogP contribution in [-0.2, 0) is 0 Å². The Morgan fingerprint density at radius 2 is 2.17 bits per heavy atom. The van der Waals surface area contributed by atoms with E-state index in [1.54, 1.807) is 7.11 Å². The molecule has 5 nitrogen and oxygen atoms in total. The molecule has 1 heterocycles. The summed E-state index contributed by atoms with van der Waals surface area (Å²) in [5, 5.41) is 14.9. The molecule has 1 amide bonds. The minimum absolute atomic E-state index is 0.167. The average Bonchev–Trinajstić information content (AvgIpc) is 2.34. The number of benzene rings is 1. The molecule has 3 atom stereocenters. The van der Waals surface area contributed by atoms with E-state index in [1.807, 2.05) is 32.0 Å². The molecule has 0 bridgehead atoms. The lowest BCUT2D eigenvalue weighted by Crippen LogP contribution is -2.42. The second-order valence-corrected chi connectivity index (χ2v) is 4.67. The normalized spacial score (nSPS) is 25.8. The van der Waals surface area contributed by atoms with Gasteiger partial charge in [-0.05, 0) is 25.1 Å². The fourth-order valence-electron chi connectivity index (χ4n) is 2.35. The second-order valence-electron chi connectivity index (χ2n) is 4.67. The van der Waals surface area contributed by atoms with Gasteiger partial charge in [0, 0.05) is 23.2 Å². The molecule has 2 rings (SSSR count). The zero-order valence-electron chi connectivity index (χ0n) is 10.7. The van der Waals surface area contributed by atoms with E-state index in [0.29, 0.717) is 0 Å². The molecular weight excluding hydrogens is 232 g/mol. The Labute approximate surface area is 106 Å². The molecule has 1 aromatic rings. The van der Waals surface area contributed by atoms with Gasteiger partial charge in [-0.25, -0.2) is 4.79 Å². The fraction of sp³-hybridized carbons (Fsp3) is 0.462.